The second-order valence-corrected chi connectivity index (χ2v) is 49.8. The summed E-state index contributed by atoms with van der Waals surface area (Å²) in [6, 6.07) is 52.1. The molecule has 752 valence electrons. The number of nitrogens with one attached hydrogen (secondary N) is 5. The molecule has 20 atom stereocenters. The van der Waals surface area contributed by atoms with Crippen molar-refractivity contribution in [2.24, 2.45) is 88.1 Å². The van der Waals surface area contributed by atoms with Gasteiger partial charge < -0.3 is 55.2 Å². The maximum Gasteiger partial charge on any atom is 0.328 e. The van der Waals surface area contributed by atoms with E-state index in [0.717, 1.165) is 184 Å². The fourth-order valence-corrected chi connectivity index (χ4v) is 40.0. The molecular formula is C113H120N12O15S5. The van der Waals surface area contributed by atoms with Crippen molar-refractivity contribution in [2.45, 2.75) is 196 Å². The SMILES string of the molecule is COC(=O)[C@@H]1Cc2c([nH]c3ccccc23)[C@@]23C[C@H](C)[C@@H](CN)[C@@H]2CC(=O)N13.O=C1CC2(CCNCC2)C2c3[nH]c4ccccc4c3CCN12.O=C1C[C@H]2COc3ccccc3[C@]23c2[nH]c4ccccc4c2CCN13.O=C1C[C@H]2[C@H](C[N+](=O)[O-])CC[C@]23c2[nH]c4ccccc4c2SCCC13.O=C1C[C@H]2[C@H](C[N+](=O)[O-])CC[C@]23c2sc4ccccc4c2SCCC13.O=C1C[C@H]2[C@H](C[N+](=O)[O-])CC[C@]23c2sccc2SCCC13. The summed E-state index contributed by atoms with van der Waals surface area (Å²) in [5, 5.41) is 45.1. The molecule has 0 bridgehead atoms. The predicted octanol–water partition coefficient (Wildman–Crippen LogP) is 19.2. The molecule has 18 aliphatic rings. The zero-order valence-electron chi connectivity index (χ0n) is 81.4. The normalized spacial score (nSPS) is 32.1. The lowest BCUT2D eigenvalue weighted by atomic mass is 9.69. The van der Waals surface area contributed by atoms with Crippen LogP contribution in [0, 0.1) is 113 Å². The van der Waals surface area contributed by atoms with Crippen LogP contribution < -0.4 is 15.8 Å². The van der Waals surface area contributed by atoms with Gasteiger partial charge >= 0.3 is 5.97 Å². The molecule has 145 heavy (non-hydrogen) atoms. The third-order valence-electron chi connectivity index (χ3n) is 38.6. The molecule has 6 aromatic heterocycles. The largest absolute Gasteiger partial charge is 0.493 e. The summed E-state index contributed by atoms with van der Waals surface area (Å²) in [7, 11) is 1.40. The minimum Gasteiger partial charge on any atom is -0.493 e. The minimum absolute atomic E-state index is 0.00484. The number of nitrogens with two attached hydrogens (primary N) is 1. The maximum atomic E-state index is 13.1. The van der Waals surface area contributed by atoms with E-state index in [2.05, 4.69) is 169 Å². The van der Waals surface area contributed by atoms with Crippen LogP contribution in [0.2, 0.25) is 0 Å². The summed E-state index contributed by atoms with van der Waals surface area (Å²) in [5.41, 5.74) is 19.4. The van der Waals surface area contributed by atoms with Gasteiger partial charge in [0.05, 0.1) is 31.0 Å². The van der Waals surface area contributed by atoms with Gasteiger partial charge in [0.15, 0.2) is 0 Å². The summed E-state index contributed by atoms with van der Waals surface area (Å²) in [6.45, 7) is 7.14. The number of aromatic nitrogens is 4. The van der Waals surface area contributed by atoms with E-state index in [1.807, 2.05) is 81.9 Å². The molecule has 6 spiro atoms. The zero-order chi connectivity index (χ0) is 99.2. The first-order chi connectivity index (χ1) is 70.4. The van der Waals surface area contributed by atoms with Gasteiger partial charge in [-0.15, -0.1) is 58.0 Å². The van der Waals surface area contributed by atoms with Crippen molar-refractivity contribution in [3.63, 3.8) is 0 Å². The Morgan fingerprint density at radius 1 is 0.524 bits per heavy atom. The average molecular weight is 2050 g/mol. The van der Waals surface area contributed by atoms with Crippen LogP contribution in [0.4, 0.5) is 0 Å². The van der Waals surface area contributed by atoms with Crippen molar-refractivity contribution >= 4 is 153 Å². The van der Waals surface area contributed by atoms with Gasteiger partial charge in [0, 0.05) is 243 Å². The van der Waals surface area contributed by atoms with Crippen LogP contribution in [-0.4, -0.2) is 180 Å². The Morgan fingerprint density at radius 3 is 1.70 bits per heavy atom. The second-order valence-electron chi connectivity index (χ2n) is 44.4. The number of Topliss-reactive ketones (excluding diaryl/α,β-unsaturated/α-hetero) is 3. The summed E-state index contributed by atoms with van der Waals surface area (Å²) in [6.07, 6.45) is 17.0. The Labute approximate surface area is 859 Å². The molecule has 17 heterocycles. The predicted molar refractivity (Wildman–Crippen MR) is 560 cm³/mol. The number of hydrogen-bond donors (Lipinski definition) is 6. The number of H-pyrrole nitrogens is 4. The van der Waals surface area contributed by atoms with Crippen molar-refractivity contribution in [3.05, 3.63) is 242 Å². The molecule has 30 rings (SSSR count). The number of benzene rings is 6. The summed E-state index contributed by atoms with van der Waals surface area (Å²) < 4.78 is 12.4. The van der Waals surface area contributed by atoms with Gasteiger partial charge in [-0.05, 0) is 221 Å². The quantitative estimate of drug-likeness (QED) is 0.0467. The van der Waals surface area contributed by atoms with Crippen LogP contribution in [0.3, 0.4) is 0 Å². The highest BCUT2D eigenvalue weighted by atomic mass is 32.2. The lowest BCUT2D eigenvalue weighted by Gasteiger charge is -2.48. The van der Waals surface area contributed by atoms with Gasteiger partial charge in [-0.3, -0.25) is 59.1 Å². The number of fused-ring (bicyclic) bond motifs is 20. The average Bonchev–Trinajstić information content (AvgIpc) is 1.52. The molecule has 4 unspecified atom stereocenters. The highest BCUT2D eigenvalue weighted by Crippen LogP contribution is 2.70. The van der Waals surface area contributed by atoms with Crippen LogP contribution in [0.25, 0.3) is 53.7 Å². The first-order valence-electron chi connectivity index (χ1n) is 52.4. The van der Waals surface area contributed by atoms with Gasteiger partial charge in [-0.1, -0.05) is 116 Å². The lowest BCUT2D eigenvalue weighted by Crippen LogP contribution is -2.58. The maximum absolute atomic E-state index is 13.1. The Kier molecular flexibility index (Phi) is 23.9. The van der Waals surface area contributed by atoms with Crippen molar-refractivity contribution in [1.82, 2.24) is 40.0 Å². The van der Waals surface area contributed by atoms with Gasteiger partial charge in [0.1, 0.15) is 34.7 Å². The van der Waals surface area contributed by atoms with Crippen molar-refractivity contribution in [2.75, 3.05) is 83.3 Å². The molecule has 6 aromatic carbocycles. The molecule has 7 saturated carbocycles. The molecule has 27 nitrogen and oxygen atoms in total. The number of rotatable bonds is 8. The second kappa shape index (κ2) is 36.5. The molecule has 7 N–H and O–H groups in total. The van der Waals surface area contributed by atoms with Crippen molar-refractivity contribution in [1.29, 1.82) is 0 Å². The molecular weight excluding hydrogens is 1930 g/mol. The van der Waals surface area contributed by atoms with E-state index in [1.54, 1.807) is 11.3 Å². The van der Waals surface area contributed by atoms with Crippen LogP contribution in [-0.2, 0) is 84.9 Å². The Balaban J connectivity index is 0.0000000911. The third-order valence-corrected chi connectivity index (χ3v) is 44.8. The Bertz CT molecular complexity index is 7190. The monoisotopic (exact) mass is 2040 g/mol. The number of methoxy groups -OCH3 is 1. The van der Waals surface area contributed by atoms with E-state index in [4.69, 9.17) is 15.2 Å². The van der Waals surface area contributed by atoms with Gasteiger partial charge in [-0.2, -0.15) is 0 Å². The number of aromatic amines is 4. The fourth-order valence-electron chi connectivity index (χ4n) is 33.1. The summed E-state index contributed by atoms with van der Waals surface area (Å²) >= 11 is 9.19. The summed E-state index contributed by atoms with van der Waals surface area (Å²) in [4.78, 5) is 150. The number of nitrogens with zero attached hydrogens (tertiary/aromatic N) is 6. The van der Waals surface area contributed by atoms with Crippen molar-refractivity contribution < 1.29 is 57.8 Å². The number of ketones is 3. The number of thiophene rings is 2. The molecule has 11 fully saturated rings. The van der Waals surface area contributed by atoms with E-state index in [0.29, 0.717) is 80.9 Å². The number of esters is 1. The van der Waals surface area contributed by atoms with E-state index < -0.39 is 17.1 Å². The van der Waals surface area contributed by atoms with E-state index >= 15 is 0 Å². The van der Waals surface area contributed by atoms with Crippen molar-refractivity contribution in [3.8, 4) is 5.75 Å². The number of para-hydroxylation sites is 5. The van der Waals surface area contributed by atoms with Crippen LogP contribution in [0.5, 0.6) is 5.75 Å². The Morgan fingerprint density at radius 2 is 1.06 bits per heavy atom. The van der Waals surface area contributed by atoms with Crippen LogP contribution in [0.1, 0.15) is 183 Å². The summed E-state index contributed by atoms with van der Waals surface area (Å²) in [5.74, 6) is 6.91. The van der Waals surface area contributed by atoms with Gasteiger partial charge in [0.25, 0.3) is 0 Å². The standard InChI is InChI=1S/C21H25N3O3.C21H18N2O2.C19H20N2O3S.C19H19NO3S2.C18H21N3O.C15H17NO3S2/c1-11-9-21-15(14(11)10-22)8-18(25)24(21)17(20(26)27-2)7-13-12-5-3-4-6-16(12)23-19(13)21;24-19-11-13-12-25-18-8-4-2-6-16(18)21(13)20-15(9-10-23(19)21)14-5-1-3-7-17(14)22-20;22-16-9-14-11(10-21(23)24)5-7-19(14)13(16)6-8-25-17-12-3-1-2-4-15(12)20-18(17)19;21-15-9-14-11(10-20(22)23)5-7-19(14)13(15)6-8-24-17-12-3-1-2-4-16(12)25-18(17)19;22-15-11-18(6-8-19-9-7-18)17-16-13(5-10-21(15)17)12-3-1-2-4-14(12)20-16;17-12-7-11-9(8-16(18)19)1-4-15(11)10(12)2-5-20-13-3-6-21-14(13)15/h3-6,11,14-15,17,23H,7-10,22H2,1-2H3;1-8,13,22H,9-12H2;1-4,11,13-14,20H,5-10H2;1-4,11,13-14H,5-10H2;1-4,17,19-20H,5-11H2;3,6,9-11H,1-2,4-5,7-8H2/t11-,14+,15-,17-,21+;13-,21-;2*11-,13?,14-,19+;;9-,10?,11-,15+/m0000.0/s1. The number of thioether (sulfide) groups is 3. The van der Waals surface area contributed by atoms with Crippen LogP contribution >= 0.6 is 58.0 Å². The molecule has 0 radical (unpaired) electrons. The molecule has 12 aromatic rings. The lowest BCUT2D eigenvalue weighted by molar-refractivity contribution is -0.489. The highest BCUT2D eigenvalue weighted by Gasteiger charge is 2.71. The highest BCUT2D eigenvalue weighted by molar-refractivity contribution is 8.00. The minimum atomic E-state index is -0.567. The number of ether oxygens (including phenoxy) is 2. The first-order valence-corrected chi connectivity index (χ1v) is 57.1. The molecule has 4 saturated heterocycles. The number of piperidine rings is 1. The number of carbonyl (C=O) groups excluding carboxylic acids is 7. The van der Waals surface area contributed by atoms with E-state index in [9.17, 15) is 63.9 Å². The van der Waals surface area contributed by atoms with Crippen LogP contribution in [0.15, 0.2) is 172 Å². The molecule has 32 heteroatoms. The number of hydrogen-bond acceptors (Lipinski definition) is 22. The molecule has 7 aliphatic carbocycles. The molecule has 3 amide bonds. The van der Waals surface area contributed by atoms with E-state index in [1.165, 1.54) is 91.5 Å². The first kappa shape index (κ1) is 94.9. The third kappa shape index (κ3) is 14.4. The van der Waals surface area contributed by atoms with E-state index in [-0.39, 0.29) is 151 Å². The van der Waals surface area contributed by atoms with Gasteiger partial charge in [-0.25, -0.2) is 4.79 Å². The number of amides is 3. The number of carbonyl (C=O) groups is 7. The zero-order valence-corrected chi connectivity index (χ0v) is 85.5. The smallest absolute Gasteiger partial charge is 0.328 e. The van der Waals surface area contributed by atoms with Gasteiger partial charge in [0.2, 0.25) is 37.4 Å². The Hall–Kier alpha value is -11.0. The number of nitro groups is 3. The topological polar surface area (TPSA) is 378 Å². The molecule has 11 aliphatic heterocycles. The fraction of sp³-hybridized carbons (Fsp3) is 0.496.